The van der Waals surface area contributed by atoms with Gasteiger partial charge in [-0.1, -0.05) is 15.9 Å². The maximum absolute atomic E-state index is 11.5. The number of alkyl halides is 1. The van der Waals surface area contributed by atoms with E-state index in [1.807, 2.05) is 4.90 Å². The lowest BCUT2D eigenvalue weighted by atomic mass is 10.2. The van der Waals surface area contributed by atoms with Crippen molar-refractivity contribution in [2.75, 3.05) is 38.1 Å². The van der Waals surface area contributed by atoms with Gasteiger partial charge in [0.05, 0.1) is 6.61 Å². The Balaban J connectivity index is 2.08. The van der Waals surface area contributed by atoms with Gasteiger partial charge in [0, 0.05) is 31.4 Å². The van der Waals surface area contributed by atoms with E-state index in [1.165, 1.54) is 0 Å². The van der Waals surface area contributed by atoms with E-state index in [-0.39, 0.29) is 12.5 Å². The molecule has 1 unspecified atom stereocenters. The predicted octanol–water partition coefficient (Wildman–Crippen LogP) is 0.202. The Labute approximate surface area is 99.2 Å². The first kappa shape index (κ1) is 12.9. The van der Waals surface area contributed by atoms with Gasteiger partial charge in [-0.25, -0.2) is 0 Å². The Morgan fingerprint density at radius 1 is 1.53 bits per heavy atom. The summed E-state index contributed by atoms with van der Waals surface area (Å²) < 4.78 is 0. The Hall–Kier alpha value is -0.130. The number of rotatable bonds is 7. The molecule has 0 spiro atoms. The van der Waals surface area contributed by atoms with Gasteiger partial charge in [-0.15, -0.1) is 0 Å². The highest BCUT2D eigenvalue weighted by molar-refractivity contribution is 9.09. The zero-order valence-electron chi connectivity index (χ0n) is 8.91. The molecule has 4 nitrogen and oxygen atoms in total. The molecular formula is C10H19BrN2O2. The molecule has 1 heterocycles. The third kappa shape index (κ3) is 4.49. The van der Waals surface area contributed by atoms with Crippen LogP contribution >= 0.6 is 15.9 Å². The van der Waals surface area contributed by atoms with Gasteiger partial charge in [0.1, 0.15) is 0 Å². The van der Waals surface area contributed by atoms with Crippen LogP contribution in [0.15, 0.2) is 0 Å². The summed E-state index contributed by atoms with van der Waals surface area (Å²) in [6, 6.07) is 0. The highest BCUT2D eigenvalue weighted by Crippen LogP contribution is 2.19. The van der Waals surface area contributed by atoms with E-state index in [1.54, 1.807) is 0 Å². The Kier molecular flexibility index (Phi) is 6.20. The fourth-order valence-electron chi connectivity index (χ4n) is 1.77. The van der Waals surface area contributed by atoms with Gasteiger partial charge in [0.25, 0.3) is 0 Å². The predicted molar refractivity (Wildman–Crippen MR) is 63.1 cm³/mol. The van der Waals surface area contributed by atoms with Crippen molar-refractivity contribution in [1.82, 2.24) is 10.2 Å². The lowest BCUT2D eigenvalue weighted by Gasteiger charge is -2.16. The van der Waals surface area contributed by atoms with Crippen LogP contribution in [0.3, 0.4) is 0 Å². The molecule has 0 aromatic carbocycles. The minimum Gasteiger partial charge on any atom is -0.395 e. The number of carbonyl (C=O) groups is 1. The molecule has 1 aliphatic rings. The van der Waals surface area contributed by atoms with Gasteiger partial charge < -0.3 is 15.3 Å². The SMILES string of the molecule is O=C1CC(CBr)CN1CCCNCCO. The molecule has 1 aliphatic heterocycles. The number of carbonyl (C=O) groups excluding carboxylic acids is 1. The molecule has 0 aliphatic carbocycles. The second-order valence-corrected chi connectivity index (χ2v) is 4.54. The van der Waals surface area contributed by atoms with Crippen molar-refractivity contribution < 1.29 is 9.90 Å². The van der Waals surface area contributed by atoms with Crippen LogP contribution in [0.1, 0.15) is 12.8 Å². The van der Waals surface area contributed by atoms with E-state index in [2.05, 4.69) is 21.2 Å². The van der Waals surface area contributed by atoms with Gasteiger partial charge in [0.2, 0.25) is 5.91 Å². The number of aliphatic hydroxyl groups excluding tert-OH is 1. The molecule has 0 bridgehead atoms. The minimum atomic E-state index is 0.175. The molecule has 0 radical (unpaired) electrons. The van der Waals surface area contributed by atoms with Crippen molar-refractivity contribution in [1.29, 1.82) is 0 Å². The summed E-state index contributed by atoms with van der Waals surface area (Å²) in [6.07, 6.45) is 1.65. The quantitative estimate of drug-likeness (QED) is 0.517. The van der Waals surface area contributed by atoms with E-state index >= 15 is 0 Å². The molecule has 0 aromatic heterocycles. The number of halogens is 1. The van der Waals surface area contributed by atoms with Gasteiger partial charge in [-0.2, -0.15) is 0 Å². The molecule has 1 saturated heterocycles. The number of aliphatic hydroxyl groups is 1. The van der Waals surface area contributed by atoms with Crippen molar-refractivity contribution in [3.05, 3.63) is 0 Å². The Morgan fingerprint density at radius 2 is 2.33 bits per heavy atom. The summed E-state index contributed by atoms with van der Waals surface area (Å²) in [4.78, 5) is 13.4. The molecular weight excluding hydrogens is 260 g/mol. The lowest BCUT2D eigenvalue weighted by Crippen LogP contribution is -2.29. The topological polar surface area (TPSA) is 52.6 Å². The van der Waals surface area contributed by atoms with Crippen LogP contribution in [0.4, 0.5) is 0 Å². The fourth-order valence-corrected chi connectivity index (χ4v) is 2.21. The molecule has 2 N–H and O–H groups in total. The van der Waals surface area contributed by atoms with E-state index in [0.29, 0.717) is 18.9 Å². The second kappa shape index (κ2) is 7.19. The smallest absolute Gasteiger partial charge is 0.222 e. The van der Waals surface area contributed by atoms with Gasteiger partial charge in [0.15, 0.2) is 0 Å². The van der Waals surface area contributed by atoms with Gasteiger partial charge in [-0.05, 0) is 18.9 Å². The zero-order chi connectivity index (χ0) is 11.1. The summed E-state index contributed by atoms with van der Waals surface area (Å²) in [5, 5.41) is 12.6. The summed E-state index contributed by atoms with van der Waals surface area (Å²) in [6.45, 7) is 3.40. The highest BCUT2D eigenvalue weighted by Gasteiger charge is 2.27. The van der Waals surface area contributed by atoms with E-state index in [9.17, 15) is 4.79 Å². The van der Waals surface area contributed by atoms with Crippen molar-refractivity contribution in [2.45, 2.75) is 12.8 Å². The van der Waals surface area contributed by atoms with Crippen molar-refractivity contribution in [3.63, 3.8) is 0 Å². The minimum absolute atomic E-state index is 0.175. The van der Waals surface area contributed by atoms with E-state index in [0.717, 1.165) is 31.4 Å². The molecule has 5 heteroatoms. The molecule has 88 valence electrons. The van der Waals surface area contributed by atoms with Crippen LogP contribution in [-0.2, 0) is 4.79 Å². The average molecular weight is 279 g/mol. The first-order chi connectivity index (χ1) is 7.27. The second-order valence-electron chi connectivity index (χ2n) is 3.89. The lowest BCUT2D eigenvalue weighted by molar-refractivity contribution is -0.127. The van der Waals surface area contributed by atoms with Crippen LogP contribution in [0.5, 0.6) is 0 Å². The standard InChI is InChI=1S/C10H19BrN2O2/c11-7-9-6-10(15)13(8-9)4-1-2-12-3-5-14/h9,12,14H,1-8H2. The Morgan fingerprint density at radius 3 is 2.93 bits per heavy atom. The van der Waals surface area contributed by atoms with Crippen molar-refractivity contribution >= 4 is 21.8 Å². The number of nitrogens with one attached hydrogen (secondary N) is 1. The summed E-state index contributed by atoms with van der Waals surface area (Å²) in [5.74, 6) is 0.768. The summed E-state index contributed by atoms with van der Waals surface area (Å²) in [5.41, 5.74) is 0. The number of likely N-dealkylation sites (tertiary alicyclic amines) is 1. The largest absolute Gasteiger partial charge is 0.395 e. The summed E-state index contributed by atoms with van der Waals surface area (Å²) >= 11 is 3.41. The molecule has 0 saturated carbocycles. The number of hydrogen-bond donors (Lipinski definition) is 2. The van der Waals surface area contributed by atoms with Crippen LogP contribution in [-0.4, -0.2) is 54.0 Å². The molecule has 0 aromatic rings. The van der Waals surface area contributed by atoms with Crippen LogP contribution in [0.2, 0.25) is 0 Å². The third-order valence-corrected chi connectivity index (χ3v) is 3.50. The maximum Gasteiger partial charge on any atom is 0.222 e. The normalized spacial score (nSPS) is 21.3. The zero-order valence-corrected chi connectivity index (χ0v) is 10.5. The number of amides is 1. The molecule has 1 atom stereocenters. The van der Waals surface area contributed by atoms with Gasteiger partial charge >= 0.3 is 0 Å². The number of hydrogen-bond acceptors (Lipinski definition) is 3. The van der Waals surface area contributed by atoms with Crippen molar-refractivity contribution in [3.8, 4) is 0 Å². The first-order valence-corrected chi connectivity index (χ1v) is 6.55. The summed E-state index contributed by atoms with van der Waals surface area (Å²) in [7, 11) is 0. The van der Waals surface area contributed by atoms with Gasteiger partial charge in [-0.3, -0.25) is 4.79 Å². The molecule has 1 amide bonds. The molecule has 15 heavy (non-hydrogen) atoms. The fraction of sp³-hybridized carbons (Fsp3) is 0.900. The average Bonchev–Trinajstić information content (AvgIpc) is 2.59. The molecule has 1 rings (SSSR count). The number of nitrogens with zero attached hydrogens (tertiary/aromatic N) is 1. The van der Waals surface area contributed by atoms with Crippen molar-refractivity contribution in [2.24, 2.45) is 5.92 Å². The third-order valence-electron chi connectivity index (χ3n) is 2.58. The van der Waals surface area contributed by atoms with E-state index < -0.39 is 0 Å². The van der Waals surface area contributed by atoms with Crippen LogP contribution in [0, 0.1) is 5.92 Å². The molecule has 1 fully saturated rings. The Bertz CT molecular complexity index is 202. The van der Waals surface area contributed by atoms with Crippen LogP contribution < -0.4 is 5.32 Å². The maximum atomic E-state index is 11.5. The first-order valence-electron chi connectivity index (χ1n) is 5.43. The highest BCUT2D eigenvalue weighted by atomic mass is 79.9. The van der Waals surface area contributed by atoms with E-state index in [4.69, 9.17) is 5.11 Å². The monoisotopic (exact) mass is 278 g/mol. The van der Waals surface area contributed by atoms with Crippen LogP contribution in [0.25, 0.3) is 0 Å².